The van der Waals surface area contributed by atoms with Gasteiger partial charge in [0.05, 0.1) is 12.4 Å². The number of amides is 1. The largest absolute Gasteiger partial charge is 0.351 e. The second-order valence-electron chi connectivity index (χ2n) is 5.27. The van der Waals surface area contributed by atoms with Crippen LogP contribution in [0.2, 0.25) is 0 Å². The number of nitrogens with one attached hydrogen (secondary N) is 2. The third-order valence-corrected chi connectivity index (χ3v) is 3.57. The molecule has 1 heterocycles. The maximum atomic E-state index is 11.9. The smallest absolute Gasteiger partial charge is 0.271 e. The van der Waals surface area contributed by atoms with Crippen molar-refractivity contribution in [3.63, 3.8) is 0 Å². The fraction of sp³-hybridized carbons (Fsp3) is 0.353. The molecule has 0 atom stereocenters. The predicted octanol–water partition coefficient (Wildman–Crippen LogP) is 3.37. The van der Waals surface area contributed by atoms with Gasteiger partial charge < -0.3 is 10.6 Å². The van der Waals surface area contributed by atoms with Gasteiger partial charge in [0.2, 0.25) is 0 Å². The molecule has 116 valence electrons. The number of hydrogen-bond acceptors (Lipinski definition) is 4. The molecule has 2 N–H and O–H groups in total. The standard InChI is InChI=1S/C17H22N4O/c1-4-5-9-18-17(22)15-10-20-16(11-19-15)21-14-8-6-7-12(2)13(14)3/h6-8,10-11H,4-5,9H2,1-3H3,(H,18,22)(H,20,21). The van der Waals surface area contributed by atoms with E-state index in [1.165, 1.54) is 17.3 Å². The third-order valence-electron chi connectivity index (χ3n) is 3.57. The fourth-order valence-corrected chi connectivity index (χ4v) is 2.00. The normalized spacial score (nSPS) is 10.3. The highest BCUT2D eigenvalue weighted by molar-refractivity contribution is 5.92. The quantitative estimate of drug-likeness (QED) is 0.802. The van der Waals surface area contributed by atoms with Crippen LogP contribution in [0.4, 0.5) is 11.5 Å². The van der Waals surface area contributed by atoms with Crippen molar-refractivity contribution in [2.24, 2.45) is 0 Å². The Morgan fingerprint density at radius 2 is 2.00 bits per heavy atom. The molecule has 0 aliphatic rings. The van der Waals surface area contributed by atoms with Crippen LogP contribution >= 0.6 is 0 Å². The van der Waals surface area contributed by atoms with Crippen molar-refractivity contribution in [2.75, 3.05) is 11.9 Å². The highest BCUT2D eigenvalue weighted by Gasteiger charge is 2.08. The van der Waals surface area contributed by atoms with Crippen LogP contribution in [0.15, 0.2) is 30.6 Å². The predicted molar refractivity (Wildman–Crippen MR) is 88.5 cm³/mol. The van der Waals surface area contributed by atoms with E-state index in [4.69, 9.17) is 0 Å². The van der Waals surface area contributed by atoms with Gasteiger partial charge >= 0.3 is 0 Å². The molecule has 1 aromatic carbocycles. The van der Waals surface area contributed by atoms with E-state index in [9.17, 15) is 4.79 Å². The molecular formula is C17H22N4O. The number of benzene rings is 1. The van der Waals surface area contributed by atoms with E-state index < -0.39 is 0 Å². The molecule has 0 radical (unpaired) electrons. The molecule has 0 unspecified atom stereocenters. The highest BCUT2D eigenvalue weighted by Crippen LogP contribution is 2.21. The molecule has 0 fully saturated rings. The summed E-state index contributed by atoms with van der Waals surface area (Å²) in [5, 5.41) is 6.05. The Morgan fingerprint density at radius 3 is 2.68 bits per heavy atom. The van der Waals surface area contributed by atoms with Crippen LogP contribution in [0.25, 0.3) is 0 Å². The van der Waals surface area contributed by atoms with E-state index in [0.29, 0.717) is 18.1 Å². The minimum Gasteiger partial charge on any atom is -0.351 e. The van der Waals surface area contributed by atoms with Crippen LogP contribution < -0.4 is 10.6 Å². The molecule has 1 amide bonds. The zero-order valence-corrected chi connectivity index (χ0v) is 13.3. The number of aryl methyl sites for hydroxylation is 1. The van der Waals surface area contributed by atoms with Gasteiger partial charge in [-0.15, -0.1) is 0 Å². The molecule has 2 rings (SSSR count). The van der Waals surface area contributed by atoms with Crippen molar-refractivity contribution in [3.05, 3.63) is 47.4 Å². The van der Waals surface area contributed by atoms with Gasteiger partial charge in [-0.1, -0.05) is 25.5 Å². The molecule has 0 bridgehead atoms. The first kappa shape index (κ1) is 15.9. The van der Waals surface area contributed by atoms with Crippen LogP contribution in [0.3, 0.4) is 0 Å². The summed E-state index contributed by atoms with van der Waals surface area (Å²) in [5.41, 5.74) is 3.72. The summed E-state index contributed by atoms with van der Waals surface area (Å²) < 4.78 is 0. The first-order chi connectivity index (χ1) is 10.6. The summed E-state index contributed by atoms with van der Waals surface area (Å²) in [6.07, 6.45) is 5.08. The molecule has 1 aromatic heterocycles. The van der Waals surface area contributed by atoms with Gasteiger partial charge in [0.25, 0.3) is 5.91 Å². The lowest BCUT2D eigenvalue weighted by atomic mass is 10.1. The van der Waals surface area contributed by atoms with Gasteiger partial charge in [-0.2, -0.15) is 0 Å². The molecular weight excluding hydrogens is 276 g/mol. The van der Waals surface area contributed by atoms with Crippen molar-refractivity contribution in [1.82, 2.24) is 15.3 Å². The summed E-state index contributed by atoms with van der Waals surface area (Å²) in [6, 6.07) is 6.05. The van der Waals surface area contributed by atoms with E-state index in [1.54, 1.807) is 6.20 Å². The first-order valence-corrected chi connectivity index (χ1v) is 7.55. The second-order valence-corrected chi connectivity index (χ2v) is 5.27. The third kappa shape index (κ3) is 4.04. The number of anilines is 2. The van der Waals surface area contributed by atoms with Crippen molar-refractivity contribution in [2.45, 2.75) is 33.6 Å². The Morgan fingerprint density at radius 1 is 1.18 bits per heavy atom. The Labute approximate surface area is 131 Å². The summed E-state index contributed by atoms with van der Waals surface area (Å²) in [4.78, 5) is 20.3. The van der Waals surface area contributed by atoms with E-state index in [0.717, 1.165) is 18.5 Å². The SMILES string of the molecule is CCCCNC(=O)c1cnc(Nc2cccc(C)c2C)cn1. The summed E-state index contributed by atoms with van der Waals surface area (Å²) in [6.45, 7) is 6.87. The minimum absolute atomic E-state index is 0.181. The minimum atomic E-state index is -0.181. The molecule has 22 heavy (non-hydrogen) atoms. The molecule has 0 aliphatic heterocycles. The lowest BCUT2D eigenvalue weighted by Crippen LogP contribution is -2.25. The van der Waals surface area contributed by atoms with E-state index in [1.807, 2.05) is 12.1 Å². The van der Waals surface area contributed by atoms with Gasteiger partial charge in [-0.3, -0.25) is 4.79 Å². The van der Waals surface area contributed by atoms with E-state index >= 15 is 0 Å². The number of unbranched alkanes of at least 4 members (excludes halogenated alkanes) is 1. The van der Waals surface area contributed by atoms with Gasteiger partial charge in [-0.05, 0) is 37.5 Å². The second kappa shape index (κ2) is 7.54. The fourth-order valence-electron chi connectivity index (χ4n) is 2.00. The maximum absolute atomic E-state index is 11.9. The van der Waals surface area contributed by atoms with Gasteiger partial charge in [-0.25, -0.2) is 9.97 Å². The number of aromatic nitrogens is 2. The Balaban J connectivity index is 2.03. The van der Waals surface area contributed by atoms with Crippen molar-refractivity contribution >= 4 is 17.4 Å². The Hall–Kier alpha value is -2.43. The Kier molecular flexibility index (Phi) is 5.47. The molecule has 0 spiro atoms. The van der Waals surface area contributed by atoms with Gasteiger partial charge in [0, 0.05) is 12.2 Å². The number of hydrogen-bond donors (Lipinski definition) is 2. The monoisotopic (exact) mass is 298 g/mol. The summed E-state index contributed by atoms with van der Waals surface area (Å²) >= 11 is 0. The molecule has 0 saturated carbocycles. The van der Waals surface area contributed by atoms with Crippen LogP contribution in [-0.4, -0.2) is 22.4 Å². The lowest BCUT2D eigenvalue weighted by Gasteiger charge is -2.10. The number of rotatable bonds is 6. The molecule has 5 nitrogen and oxygen atoms in total. The molecule has 0 aliphatic carbocycles. The van der Waals surface area contributed by atoms with E-state index in [-0.39, 0.29) is 5.91 Å². The van der Waals surface area contributed by atoms with Crippen molar-refractivity contribution < 1.29 is 4.79 Å². The summed E-state index contributed by atoms with van der Waals surface area (Å²) in [5.74, 6) is 0.443. The van der Waals surface area contributed by atoms with Crippen LogP contribution in [-0.2, 0) is 0 Å². The number of carbonyl (C=O) groups is 1. The average Bonchev–Trinajstić information content (AvgIpc) is 2.53. The number of carbonyl (C=O) groups excluding carboxylic acids is 1. The zero-order valence-electron chi connectivity index (χ0n) is 13.3. The topological polar surface area (TPSA) is 66.9 Å². The highest BCUT2D eigenvalue weighted by atomic mass is 16.1. The summed E-state index contributed by atoms with van der Waals surface area (Å²) in [7, 11) is 0. The van der Waals surface area contributed by atoms with Crippen LogP contribution in [0.5, 0.6) is 0 Å². The van der Waals surface area contributed by atoms with Crippen molar-refractivity contribution in [1.29, 1.82) is 0 Å². The van der Waals surface area contributed by atoms with Gasteiger partial charge in [0.1, 0.15) is 11.5 Å². The van der Waals surface area contributed by atoms with Crippen LogP contribution in [0.1, 0.15) is 41.4 Å². The molecule has 2 aromatic rings. The first-order valence-electron chi connectivity index (χ1n) is 7.55. The van der Waals surface area contributed by atoms with E-state index in [2.05, 4.69) is 47.4 Å². The van der Waals surface area contributed by atoms with Gasteiger partial charge in [0.15, 0.2) is 0 Å². The maximum Gasteiger partial charge on any atom is 0.271 e. The lowest BCUT2D eigenvalue weighted by molar-refractivity contribution is 0.0948. The number of nitrogens with zero attached hydrogens (tertiary/aromatic N) is 2. The molecule has 5 heteroatoms. The zero-order chi connectivity index (χ0) is 15.9. The molecule has 0 saturated heterocycles. The van der Waals surface area contributed by atoms with Crippen LogP contribution in [0, 0.1) is 13.8 Å². The van der Waals surface area contributed by atoms with Crippen molar-refractivity contribution in [3.8, 4) is 0 Å². The Bertz CT molecular complexity index is 638. The average molecular weight is 298 g/mol.